The van der Waals surface area contributed by atoms with Gasteiger partial charge in [-0.2, -0.15) is 0 Å². The molecule has 0 aromatic rings. The standard InChI is InChI=1S/C11H20O2/c1-3-9(4-2)11(13)7-5-10(12)6-8-11/h9,13H,3-8H2,1-2H3. The monoisotopic (exact) mass is 184 g/mol. The number of carbonyl (C=O) groups is 1. The summed E-state index contributed by atoms with van der Waals surface area (Å²) >= 11 is 0. The van der Waals surface area contributed by atoms with E-state index in [4.69, 9.17) is 0 Å². The van der Waals surface area contributed by atoms with Crippen LogP contribution in [0.5, 0.6) is 0 Å². The highest BCUT2D eigenvalue weighted by atomic mass is 16.3. The number of Topliss-reactive ketones (excluding diaryl/α,β-unsaturated/α-hetero) is 1. The van der Waals surface area contributed by atoms with Crippen LogP contribution in [0.15, 0.2) is 0 Å². The van der Waals surface area contributed by atoms with Crippen molar-refractivity contribution in [2.24, 2.45) is 5.92 Å². The van der Waals surface area contributed by atoms with E-state index in [9.17, 15) is 9.90 Å². The minimum Gasteiger partial charge on any atom is -0.390 e. The fourth-order valence-electron chi connectivity index (χ4n) is 2.42. The second-order valence-electron chi connectivity index (χ2n) is 4.16. The van der Waals surface area contributed by atoms with Gasteiger partial charge in [0, 0.05) is 12.8 Å². The van der Waals surface area contributed by atoms with Gasteiger partial charge >= 0.3 is 0 Å². The van der Waals surface area contributed by atoms with E-state index >= 15 is 0 Å². The average molecular weight is 184 g/mol. The molecule has 0 aromatic heterocycles. The smallest absolute Gasteiger partial charge is 0.133 e. The number of ketones is 1. The molecule has 2 nitrogen and oxygen atoms in total. The largest absolute Gasteiger partial charge is 0.390 e. The third-order valence-corrected chi connectivity index (χ3v) is 3.42. The van der Waals surface area contributed by atoms with E-state index in [2.05, 4.69) is 13.8 Å². The van der Waals surface area contributed by atoms with Crippen LogP contribution in [0, 0.1) is 5.92 Å². The van der Waals surface area contributed by atoms with E-state index in [1.165, 1.54) is 0 Å². The second kappa shape index (κ2) is 4.23. The van der Waals surface area contributed by atoms with Crippen LogP contribution < -0.4 is 0 Å². The molecule has 0 heterocycles. The number of aliphatic hydroxyl groups is 1. The SMILES string of the molecule is CCC(CC)C1(O)CCC(=O)CC1. The Kier molecular flexibility index (Phi) is 3.48. The van der Waals surface area contributed by atoms with Gasteiger partial charge in [0.15, 0.2) is 0 Å². The fraction of sp³-hybridized carbons (Fsp3) is 0.909. The zero-order chi connectivity index (χ0) is 9.90. The molecule has 0 bridgehead atoms. The summed E-state index contributed by atoms with van der Waals surface area (Å²) in [7, 11) is 0. The van der Waals surface area contributed by atoms with Gasteiger partial charge in [-0.05, 0) is 18.8 Å². The Hall–Kier alpha value is -0.370. The molecule has 0 unspecified atom stereocenters. The Labute approximate surface area is 80.3 Å². The van der Waals surface area contributed by atoms with Gasteiger partial charge in [0.05, 0.1) is 5.60 Å². The molecule has 1 aliphatic rings. The van der Waals surface area contributed by atoms with Crippen molar-refractivity contribution in [3.05, 3.63) is 0 Å². The summed E-state index contributed by atoms with van der Waals surface area (Å²) in [6.45, 7) is 4.23. The summed E-state index contributed by atoms with van der Waals surface area (Å²) in [6, 6.07) is 0. The van der Waals surface area contributed by atoms with Gasteiger partial charge in [-0.15, -0.1) is 0 Å². The Morgan fingerprint density at radius 2 is 1.77 bits per heavy atom. The molecule has 0 aliphatic heterocycles. The molecule has 0 saturated heterocycles. The number of hydrogen-bond donors (Lipinski definition) is 1. The molecule has 1 saturated carbocycles. The third-order valence-electron chi connectivity index (χ3n) is 3.42. The Bertz CT molecular complexity index is 173. The highest BCUT2D eigenvalue weighted by molar-refractivity contribution is 5.79. The van der Waals surface area contributed by atoms with E-state index in [-0.39, 0.29) is 0 Å². The maximum absolute atomic E-state index is 11.0. The van der Waals surface area contributed by atoms with Crippen molar-refractivity contribution in [3.8, 4) is 0 Å². The molecule has 2 heteroatoms. The summed E-state index contributed by atoms with van der Waals surface area (Å²) in [5, 5.41) is 10.3. The first-order chi connectivity index (χ1) is 6.12. The summed E-state index contributed by atoms with van der Waals surface area (Å²) in [4.78, 5) is 11.0. The summed E-state index contributed by atoms with van der Waals surface area (Å²) in [5.74, 6) is 0.691. The lowest BCUT2D eigenvalue weighted by Crippen LogP contribution is -2.41. The van der Waals surface area contributed by atoms with Gasteiger partial charge < -0.3 is 5.11 Å². The molecular weight excluding hydrogens is 164 g/mol. The third kappa shape index (κ3) is 2.31. The lowest BCUT2D eigenvalue weighted by molar-refractivity contribution is -0.128. The van der Waals surface area contributed by atoms with Crippen LogP contribution in [0.1, 0.15) is 52.4 Å². The lowest BCUT2D eigenvalue weighted by atomic mass is 9.73. The zero-order valence-corrected chi connectivity index (χ0v) is 8.68. The molecule has 0 atom stereocenters. The number of carbonyl (C=O) groups excluding carboxylic acids is 1. The van der Waals surface area contributed by atoms with Gasteiger partial charge in [-0.25, -0.2) is 0 Å². The van der Waals surface area contributed by atoms with Crippen molar-refractivity contribution in [1.29, 1.82) is 0 Å². The van der Waals surface area contributed by atoms with E-state index in [1.807, 2.05) is 0 Å². The average Bonchev–Trinajstić information content (AvgIpc) is 2.13. The normalized spacial score (nSPS) is 22.3. The van der Waals surface area contributed by atoms with E-state index in [0.717, 1.165) is 12.8 Å². The van der Waals surface area contributed by atoms with Crippen LogP contribution in [-0.4, -0.2) is 16.5 Å². The van der Waals surface area contributed by atoms with Gasteiger partial charge in [-0.1, -0.05) is 26.7 Å². The van der Waals surface area contributed by atoms with Crippen molar-refractivity contribution >= 4 is 5.78 Å². The summed E-state index contributed by atoms with van der Waals surface area (Å²) in [6.07, 6.45) is 4.54. The molecule has 13 heavy (non-hydrogen) atoms. The van der Waals surface area contributed by atoms with Crippen LogP contribution in [-0.2, 0) is 4.79 Å². The maximum atomic E-state index is 11.0. The first kappa shape index (κ1) is 10.7. The first-order valence-corrected chi connectivity index (χ1v) is 5.36. The zero-order valence-electron chi connectivity index (χ0n) is 8.68. The van der Waals surface area contributed by atoms with Crippen molar-refractivity contribution in [1.82, 2.24) is 0 Å². The van der Waals surface area contributed by atoms with Gasteiger partial charge in [0.25, 0.3) is 0 Å². The van der Waals surface area contributed by atoms with E-state index < -0.39 is 5.60 Å². The molecule has 1 rings (SSSR count). The van der Waals surface area contributed by atoms with Gasteiger partial charge in [0.1, 0.15) is 5.78 Å². The van der Waals surface area contributed by atoms with Crippen LogP contribution >= 0.6 is 0 Å². The molecule has 1 aliphatic carbocycles. The van der Waals surface area contributed by atoms with Crippen molar-refractivity contribution in [2.45, 2.75) is 58.0 Å². The van der Waals surface area contributed by atoms with Crippen molar-refractivity contribution in [2.75, 3.05) is 0 Å². The van der Waals surface area contributed by atoms with Crippen LogP contribution in [0.2, 0.25) is 0 Å². The lowest BCUT2D eigenvalue weighted by Gasteiger charge is -2.38. The highest BCUT2D eigenvalue weighted by Gasteiger charge is 2.37. The van der Waals surface area contributed by atoms with Gasteiger partial charge in [-0.3, -0.25) is 4.79 Å². The van der Waals surface area contributed by atoms with Crippen molar-refractivity contribution in [3.63, 3.8) is 0 Å². The number of hydrogen-bond acceptors (Lipinski definition) is 2. The highest BCUT2D eigenvalue weighted by Crippen LogP contribution is 2.36. The molecular formula is C11H20O2. The quantitative estimate of drug-likeness (QED) is 0.730. The van der Waals surface area contributed by atoms with Crippen molar-refractivity contribution < 1.29 is 9.90 Å². The fourth-order valence-corrected chi connectivity index (χ4v) is 2.42. The second-order valence-corrected chi connectivity index (χ2v) is 4.16. The van der Waals surface area contributed by atoms with E-state index in [0.29, 0.717) is 37.4 Å². The predicted molar refractivity (Wildman–Crippen MR) is 52.5 cm³/mol. The van der Waals surface area contributed by atoms with Crippen LogP contribution in [0.4, 0.5) is 0 Å². The van der Waals surface area contributed by atoms with Gasteiger partial charge in [0.2, 0.25) is 0 Å². The predicted octanol–water partition coefficient (Wildman–Crippen LogP) is 2.30. The van der Waals surface area contributed by atoms with Crippen LogP contribution in [0.25, 0.3) is 0 Å². The molecule has 76 valence electrons. The number of rotatable bonds is 3. The maximum Gasteiger partial charge on any atom is 0.133 e. The summed E-state index contributed by atoms with van der Waals surface area (Å²) < 4.78 is 0. The molecule has 0 radical (unpaired) electrons. The minimum atomic E-state index is -0.544. The molecule has 0 aromatic carbocycles. The van der Waals surface area contributed by atoms with Crippen LogP contribution in [0.3, 0.4) is 0 Å². The van der Waals surface area contributed by atoms with E-state index in [1.54, 1.807) is 0 Å². The molecule has 0 spiro atoms. The molecule has 0 amide bonds. The Morgan fingerprint density at radius 1 is 1.31 bits per heavy atom. The minimum absolute atomic E-state index is 0.315. The Balaban J connectivity index is 2.59. The molecule has 1 N–H and O–H groups in total. The first-order valence-electron chi connectivity index (χ1n) is 5.36. The Morgan fingerprint density at radius 3 is 2.15 bits per heavy atom. The summed E-state index contributed by atoms with van der Waals surface area (Å²) in [5.41, 5.74) is -0.544. The molecule has 1 fully saturated rings. The topological polar surface area (TPSA) is 37.3 Å².